The standard InChI is InChI=1S/C16H27N5O3/c1-5-7-20(8-6-2)9-12(22)10-21-11-17-14-13(21)15(23)19(4)16(24)18(14)3/h11-12,22H,5-10H2,1-4H3/t12-/m0/s1. The molecule has 2 heterocycles. The molecule has 0 aliphatic heterocycles. The van der Waals surface area contributed by atoms with Gasteiger partial charge in [0, 0.05) is 20.6 Å². The van der Waals surface area contributed by atoms with Crippen molar-refractivity contribution in [1.29, 1.82) is 0 Å². The number of nitrogens with zero attached hydrogens (tertiary/aromatic N) is 5. The summed E-state index contributed by atoms with van der Waals surface area (Å²) in [5.41, 5.74) is -0.113. The van der Waals surface area contributed by atoms with E-state index in [1.807, 2.05) is 0 Å². The minimum atomic E-state index is -0.609. The number of hydrogen-bond donors (Lipinski definition) is 1. The van der Waals surface area contributed by atoms with Gasteiger partial charge in [-0.1, -0.05) is 13.8 Å². The van der Waals surface area contributed by atoms with Gasteiger partial charge in [-0.2, -0.15) is 0 Å². The Morgan fingerprint density at radius 1 is 1.17 bits per heavy atom. The quantitative estimate of drug-likeness (QED) is 0.728. The average Bonchev–Trinajstić information content (AvgIpc) is 2.95. The third-order valence-electron chi connectivity index (χ3n) is 4.17. The van der Waals surface area contributed by atoms with Gasteiger partial charge in [-0.15, -0.1) is 0 Å². The van der Waals surface area contributed by atoms with Crippen LogP contribution in [0.15, 0.2) is 15.9 Å². The first-order valence-corrected chi connectivity index (χ1v) is 8.41. The lowest BCUT2D eigenvalue weighted by molar-refractivity contribution is 0.0986. The Bertz CT molecular complexity index is 798. The fourth-order valence-electron chi connectivity index (χ4n) is 3.05. The van der Waals surface area contributed by atoms with Crippen molar-refractivity contribution in [3.63, 3.8) is 0 Å². The van der Waals surface area contributed by atoms with E-state index in [4.69, 9.17) is 0 Å². The Kier molecular flexibility index (Phi) is 5.95. The molecule has 1 N–H and O–H groups in total. The van der Waals surface area contributed by atoms with E-state index in [1.54, 1.807) is 11.6 Å². The van der Waals surface area contributed by atoms with Crippen LogP contribution in [0.2, 0.25) is 0 Å². The average molecular weight is 337 g/mol. The van der Waals surface area contributed by atoms with Crippen molar-refractivity contribution < 1.29 is 5.11 Å². The summed E-state index contributed by atoms with van der Waals surface area (Å²) in [7, 11) is 3.03. The molecule has 0 fully saturated rings. The molecule has 134 valence electrons. The summed E-state index contributed by atoms with van der Waals surface area (Å²) in [6.07, 6.45) is 2.97. The van der Waals surface area contributed by atoms with Crippen molar-refractivity contribution in [2.45, 2.75) is 39.3 Å². The van der Waals surface area contributed by atoms with Crippen molar-refractivity contribution in [3.05, 3.63) is 27.2 Å². The summed E-state index contributed by atoms with van der Waals surface area (Å²) in [5.74, 6) is 0. The molecule has 0 spiro atoms. The minimum absolute atomic E-state index is 0.272. The zero-order valence-corrected chi connectivity index (χ0v) is 14.9. The fraction of sp³-hybridized carbons (Fsp3) is 0.688. The predicted molar refractivity (Wildman–Crippen MR) is 93.2 cm³/mol. The third kappa shape index (κ3) is 3.59. The van der Waals surface area contributed by atoms with E-state index in [9.17, 15) is 14.7 Å². The molecule has 24 heavy (non-hydrogen) atoms. The largest absolute Gasteiger partial charge is 0.390 e. The second-order valence-electron chi connectivity index (χ2n) is 6.23. The second-order valence-corrected chi connectivity index (χ2v) is 6.23. The van der Waals surface area contributed by atoms with Crippen LogP contribution in [0.1, 0.15) is 26.7 Å². The first kappa shape index (κ1) is 18.4. The van der Waals surface area contributed by atoms with E-state index in [2.05, 4.69) is 23.7 Å². The van der Waals surface area contributed by atoms with Gasteiger partial charge in [-0.25, -0.2) is 9.78 Å². The number of aliphatic hydroxyl groups excluding tert-OH is 1. The van der Waals surface area contributed by atoms with E-state index in [0.29, 0.717) is 17.7 Å². The summed E-state index contributed by atoms with van der Waals surface area (Å²) in [6, 6.07) is 0. The number of imidazole rings is 1. The molecule has 1 atom stereocenters. The Balaban J connectivity index is 2.27. The number of rotatable bonds is 8. The molecule has 0 radical (unpaired) electrons. The molecule has 8 nitrogen and oxygen atoms in total. The van der Waals surface area contributed by atoms with Crippen LogP contribution in [-0.2, 0) is 20.6 Å². The summed E-state index contributed by atoms with van der Waals surface area (Å²) in [6.45, 7) is 6.92. The Hall–Kier alpha value is -1.93. The van der Waals surface area contributed by atoms with Gasteiger partial charge in [0.1, 0.15) is 0 Å². The van der Waals surface area contributed by atoms with Crippen molar-refractivity contribution in [2.75, 3.05) is 19.6 Å². The number of aliphatic hydroxyl groups is 1. The van der Waals surface area contributed by atoms with E-state index in [0.717, 1.165) is 30.5 Å². The monoisotopic (exact) mass is 337 g/mol. The number of fused-ring (bicyclic) bond motifs is 1. The van der Waals surface area contributed by atoms with Crippen LogP contribution in [0, 0.1) is 0 Å². The summed E-state index contributed by atoms with van der Waals surface area (Å²) in [5, 5.41) is 10.4. The van der Waals surface area contributed by atoms with Crippen LogP contribution < -0.4 is 11.2 Å². The second kappa shape index (κ2) is 7.76. The molecule has 2 aromatic heterocycles. The van der Waals surface area contributed by atoms with Gasteiger partial charge < -0.3 is 14.6 Å². The van der Waals surface area contributed by atoms with Crippen LogP contribution in [0.5, 0.6) is 0 Å². The highest BCUT2D eigenvalue weighted by atomic mass is 16.3. The maximum atomic E-state index is 12.4. The molecule has 0 aliphatic rings. The molecule has 0 saturated heterocycles. The van der Waals surface area contributed by atoms with Gasteiger partial charge >= 0.3 is 5.69 Å². The Morgan fingerprint density at radius 2 is 1.79 bits per heavy atom. The molecule has 0 amide bonds. The van der Waals surface area contributed by atoms with E-state index < -0.39 is 17.4 Å². The number of aryl methyl sites for hydroxylation is 1. The zero-order valence-electron chi connectivity index (χ0n) is 14.9. The lowest BCUT2D eigenvalue weighted by Gasteiger charge is -2.24. The number of aromatic nitrogens is 4. The van der Waals surface area contributed by atoms with Crippen LogP contribution in [0.25, 0.3) is 11.2 Å². The highest BCUT2D eigenvalue weighted by molar-refractivity contribution is 5.69. The summed E-state index contributed by atoms with van der Waals surface area (Å²) in [4.78, 5) is 30.7. The van der Waals surface area contributed by atoms with Crippen LogP contribution in [-0.4, -0.2) is 54.4 Å². The predicted octanol–water partition coefficient (Wildman–Crippen LogP) is -0.0834. The van der Waals surface area contributed by atoms with Gasteiger partial charge in [-0.3, -0.25) is 13.9 Å². The van der Waals surface area contributed by atoms with Crippen molar-refractivity contribution in [1.82, 2.24) is 23.6 Å². The van der Waals surface area contributed by atoms with E-state index in [1.165, 1.54) is 17.9 Å². The molecule has 2 aromatic rings. The molecular formula is C16H27N5O3. The van der Waals surface area contributed by atoms with Gasteiger partial charge in [0.05, 0.1) is 19.0 Å². The molecule has 8 heteroatoms. The molecule has 0 bridgehead atoms. The van der Waals surface area contributed by atoms with Gasteiger partial charge in [-0.05, 0) is 25.9 Å². The fourth-order valence-corrected chi connectivity index (χ4v) is 3.05. The lowest BCUT2D eigenvalue weighted by Crippen LogP contribution is -2.39. The van der Waals surface area contributed by atoms with E-state index >= 15 is 0 Å². The third-order valence-corrected chi connectivity index (χ3v) is 4.17. The number of hydrogen-bond acceptors (Lipinski definition) is 5. The highest BCUT2D eigenvalue weighted by Crippen LogP contribution is 2.07. The Morgan fingerprint density at radius 3 is 2.38 bits per heavy atom. The van der Waals surface area contributed by atoms with E-state index in [-0.39, 0.29) is 6.54 Å². The minimum Gasteiger partial charge on any atom is -0.390 e. The maximum Gasteiger partial charge on any atom is 0.332 e. The SMILES string of the molecule is CCCN(CCC)C[C@H](O)Cn1cnc2c1c(=O)n(C)c(=O)n2C. The van der Waals surface area contributed by atoms with Crippen LogP contribution in [0.3, 0.4) is 0 Å². The summed E-state index contributed by atoms with van der Waals surface area (Å²) >= 11 is 0. The molecule has 0 saturated carbocycles. The topological polar surface area (TPSA) is 85.3 Å². The normalized spacial score (nSPS) is 13.1. The van der Waals surface area contributed by atoms with Crippen LogP contribution in [0.4, 0.5) is 0 Å². The summed E-state index contributed by atoms with van der Waals surface area (Å²) < 4.78 is 4.05. The smallest absolute Gasteiger partial charge is 0.332 e. The van der Waals surface area contributed by atoms with Crippen molar-refractivity contribution >= 4 is 11.2 Å². The van der Waals surface area contributed by atoms with Crippen LogP contribution >= 0.6 is 0 Å². The molecule has 2 rings (SSSR count). The highest BCUT2D eigenvalue weighted by Gasteiger charge is 2.17. The molecule has 0 aromatic carbocycles. The van der Waals surface area contributed by atoms with Gasteiger partial charge in [0.25, 0.3) is 5.56 Å². The Labute approximate surface area is 141 Å². The molecule has 0 unspecified atom stereocenters. The zero-order chi connectivity index (χ0) is 17.9. The van der Waals surface area contributed by atoms with Gasteiger partial charge in [0.15, 0.2) is 11.2 Å². The van der Waals surface area contributed by atoms with Gasteiger partial charge in [0.2, 0.25) is 0 Å². The van der Waals surface area contributed by atoms with Crippen molar-refractivity contribution in [3.8, 4) is 0 Å². The first-order chi connectivity index (χ1) is 11.4. The molecule has 0 aliphatic carbocycles. The lowest BCUT2D eigenvalue weighted by atomic mass is 10.2. The maximum absolute atomic E-state index is 12.4. The van der Waals surface area contributed by atoms with Crippen molar-refractivity contribution in [2.24, 2.45) is 14.1 Å². The first-order valence-electron chi connectivity index (χ1n) is 8.41. The molecular weight excluding hydrogens is 310 g/mol.